The molecule has 7 heteroatoms. The van der Waals surface area contributed by atoms with E-state index in [1.165, 1.54) is 0 Å². The van der Waals surface area contributed by atoms with Crippen molar-refractivity contribution in [1.29, 1.82) is 0 Å². The predicted octanol–water partition coefficient (Wildman–Crippen LogP) is 4.22. The zero-order chi connectivity index (χ0) is 15.9. The number of halogens is 2. The molecule has 0 atom stereocenters. The molecule has 2 aromatic carbocycles. The second kappa shape index (κ2) is 7.82. The molecule has 0 aliphatic carbocycles. The lowest BCUT2D eigenvalue weighted by atomic mass is 10.1. The highest BCUT2D eigenvalue weighted by Crippen LogP contribution is 2.23. The molecule has 2 rings (SSSR count). The number of benzene rings is 2. The third kappa shape index (κ3) is 4.75. The first-order chi connectivity index (χ1) is 10.6. The van der Waals surface area contributed by atoms with Crippen molar-refractivity contribution in [2.75, 3.05) is 0 Å². The first-order valence-electron chi connectivity index (χ1n) is 6.27. The van der Waals surface area contributed by atoms with E-state index in [2.05, 4.69) is 26.4 Å². The first kappa shape index (κ1) is 16.3. The van der Waals surface area contributed by atoms with E-state index < -0.39 is 6.09 Å². The van der Waals surface area contributed by atoms with Crippen LogP contribution in [0.2, 0.25) is 5.02 Å². The van der Waals surface area contributed by atoms with Crippen molar-refractivity contribution in [3.05, 3.63) is 63.6 Å². The van der Waals surface area contributed by atoms with Crippen LogP contribution < -0.4 is 10.1 Å². The molecular weight excluding hydrogens is 372 g/mol. The summed E-state index contributed by atoms with van der Waals surface area (Å²) in [4.78, 5) is 11.7. The number of para-hydroxylation sites is 1. The van der Waals surface area contributed by atoms with Gasteiger partial charge in [0.05, 0.1) is 5.02 Å². The number of hydrogen-bond donors (Lipinski definition) is 2. The van der Waals surface area contributed by atoms with Crippen LogP contribution in [0.4, 0.5) is 4.79 Å². The summed E-state index contributed by atoms with van der Waals surface area (Å²) < 4.78 is 5.81. The molecule has 0 aliphatic rings. The minimum atomic E-state index is -0.734. The van der Waals surface area contributed by atoms with Gasteiger partial charge in [0, 0.05) is 10.9 Å². The van der Waals surface area contributed by atoms with E-state index in [4.69, 9.17) is 21.5 Å². The largest absolute Gasteiger partial charge is 0.418 e. The summed E-state index contributed by atoms with van der Waals surface area (Å²) in [6.45, 7) is 0. The smallest absolute Gasteiger partial charge is 0.410 e. The molecule has 0 aliphatic heterocycles. The second-order valence-electron chi connectivity index (χ2n) is 4.30. The Morgan fingerprint density at radius 3 is 2.64 bits per heavy atom. The van der Waals surface area contributed by atoms with E-state index >= 15 is 0 Å². The summed E-state index contributed by atoms with van der Waals surface area (Å²) in [5.74, 6) is 0.447. The number of oxime groups is 1. The Hall–Kier alpha value is -2.05. The average molecular weight is 384 g/mol. The Labute approximate surface area is 140 Å². The molecule has 0 saturated heterocycles. The first-order valence-corrected chi connectivity index (χ1v) is 7.44. The predicted molar refractivity (Wildman–Crippen MR) is 87.7 cm³/mol. The standard InChI is InChI=1S/C15H12BrClN2O3/c16-12-7-6-10(8-13(12)17)9-14(19-21)18-15(20)22-11-4-2-1-3-5-11/h1-8,21H,9H2,(H,18,19,20). The van der Waals surface area contributed by atoms with Crippen LogP contribution in [0.25, 0.3) is 0 Å². The fourth-order valence-corrected chi connectivity index (χ4v) is 2.14. The number of amides is 1. The van der Waals surface area contributed by atoms with Crippen LogP contribution in [0.1, 0.15) is 5.56 Å². The number of nitrogens with one attached hydrogen (secondary N) is 1. The SMILES string of the molecule is O=C(N/C(Cc1ccc(Br)c(Cl)c1)=N\O)Oc1ccccc1. The van der Waals surface area contributed by atoms with Gasteiger partial charge >= 0.3 is 6.09 Å². The van der Waals surface area contributed by atoms with Crippen molar-refractivity contribution in [3.8, 4) is 5.75 Å². The average Bonchev–Trinajstić information content (AvgIpc) is 2.51. The normalized spacial score (nSPS) is 11.1. The van der Waals surface area contributed by atoms with Crippen molar-refractivity contribution in [2.24, 2.45) is 5.16 Å². The highest BCUT2D eigenvalue weighted by Gasteiger charge is 2.10. The maximum Gasteiger partial charge on any atom is 0.418 e. The van der Waals surface area contributed by atoms with Crippen LogP contribution in [0.15, 0.2) is 58.2 Å². The van der Waals surface area contributed by atoms with Gasteiger partial charge in [-0.15, -0.1) is 0 Å². The summed E-state index contributed by atoms with van der Waals surface area (Å²) in [6.07, 6.45) is -0.532. The van der Waals surface area contributed by atoms with Gasteiger partial charge in [-0.25, -0.2) is 4.79 Å². The van der Waals surface area contributed by atoms with E-state index in [9.17, 15) is 4.79 Å². The van der Waals surface area contributed by atoms with Crippen molar-refractivity contribution in [2.45, 2.75) is 6.42 Å². The molecule has 0 aromatic heterocycles. The van der Waals surface area contributed by atoms with E-state index in [1.54, 1.807) is 42.5 Å². The molecule has 0 unspecified atom stereocenters. The lowest BCUT2D eigenvalue weighted by Gasteiger charge is -2.08. The van der Waals surface area contributed by atoms with Crippen LogP contribution in [-0.4, -0.2) is 17.1 Å². The number of ether oxygens (including phenoxy) is 1. The van der Waals surface area contributed by atoms with Gasteiger partial charge in [-0.05, 0) is 45.8 Å². The molecule has 0 radical (unpaired) electrons. The van der Waals surface area contributed by atoms with Gasteiger partial charge in [0.1, 0.15) is 5.75 Å². The molecular formula is C15H12BrClN2O3. The Balaban J connectivity index is 1.97. The maximum atomic E-state index is 11.7. The second-order valence-corrected chi connectivity index (χ2v) is 5.56. The number of carbonyl (C=O) groups is 1. The van der Waals surface area contributed by atoms with E-state index in [-0.39, 0.29) is 12.3 Å². The molecule has 0 bridgehead atoms. The monoisotopic (exact) mass is 382 g/mol. The molecule has 0 spiro atoms. The summed E-state index contributed by atoms with van der Waals surface area (Å²) >= 11 is 9.28. The summed E-state index contributed by atoms with van der Waals surface area (Å²) in [5.41, 5.74) is 0.779. The lowest BCUT2D eigenvalue weighted by molar-refractivity contribution is 0.205. The van der Waals surface area contributed by atoms with Gasteiger partial charge in [-0.2, -0.15) is 0 Å². The third-order valence-corrected chi connectivity index (χ3v) is 3.91. The summed E-state index contributed by atoms with van der Waals surface area (Å²) in [6, 6.07) is 13.9. The Morgan fingerprint density at radius 1 is 1.27 bits per heavy atom. The van der Waals surface area contributed by atoms with Gasteiger partial charge < -0.3 is 9.94 Å². The highest BCUT2D eigenvalue weighted by atomic mass is 79.9. The zero-order valence-electron chi connectivity index (χ0n) is 11.3. The number of hydrogen-bond acceptors (Lipinski definition) is 4. The van der Waals surface area contributed by atoms with Crippen molar-refractivity contribution in [1.82, 2.24) is 5.32 Å². The molecule has 1 amide bonds. The highest BCUT2D eigenvalue weighted by molar-refractivity contribution is 9.10. The lowest BCUT2D eigenvalue weighted by Crippen LogP contribution is -2.34. The number of rotatable bonds is 3. The Kier molecular flexibility index (Phi) is 5.80. The van der Waals surface area contributed by atoms with Gasteiger partial charge in [-0.3, -0.25) is 5.32 Å². The maximum absolute atomic E-state index is 11.7. The summed E-state index contributed by atoms with van der Waals surface area (Å²) in [5, 5.41) is 15.0. The number of amidine groups is 1. The number of carbonyl (C=O) groups excluding carboxylic acids is 1. The molecule has 0 saturated carbocycles. The van der Waals surface area contributed by atoms with Crippen LogP contribution >= 0.6 is 27.5 Å². The summed E-state index contributed by atoms with van der Waals surface area (Å²) in [7, 11) is 0. The van der Waals surface area contributed by atoms with Crippen LogP contribution in [0.5, 0.6) is 5.75 Å². The van der Waals surface area contributed by atoms with Crippen molar-refractivity contribution in [3.63, 3.8) is 0 Å². The molecule has 5 nitrogen and oxygen atoms in total. The zero-order valence-corrected chi connectivity index (χ0v) is 13.6. The topological polar surface area (TPSA) is 70.9 Å². The van der Waals surface area contributed by atoms with Crippen molar-refractivity contribution >= 4 is 39.5 Å². The van der Waals surface area contributed by atoms with E-state index in [0.29, 0.717) is 10.8 Å². The van der Waals surface area contributed by atoms with Gasteiger partial charge in [0.25, 0.3) is 0 Å². The van der Waals surface area contributed by atoms with Crippen LogP contribution in [-0.2, 0) is 6.42 Å². The van der Waals surface area contributed by atoms with Gasteiger partial charge in [0.2, 0.25) is 0 Å². The van der Waals surface area contributed by atoms with Crippen LogP contribution in [0.3, 0.4) is 0 Å². The third-order valence-electron chi connectivity index (χ3n) is 2.68. The molecule has 0 heterocycles. The van der Waals surface area contributed by atoms with Crippen molar-refractivity contribution < 1.29 is 14.7 Å². The van der Waals surface area contributed by atoms with Crippen LogP contribution in [0, 0.1) is 0 Å². The quantitative estimate of drug-likeness (QED) is 0.361. The molecule has 0 fully saturated rings. The van der Waals surface area contributed by atoms with E-state index in [1.807, 2.05) is 6.07 Å². The molecule has 114 valence electrons. The Bertz CT molecular complexity index is 692. The minimum Gasteiger partial charge on any atom is -0.410 e. The fraction of sp³-hybridized carbons (Fsp3) is 0.0667. The minimum absolute atomic E-state index is 0.0549. The fourth-order valence-electron chi connectivity index (χ4n) is 1.69. The molecule has 22 heavy (non-hydrogen) atoms. The van der Waals surface area contributed by atoms with Gasteiger partial charge in [-0.1, -0.05) is 41.0 Å². The number of nitrogens with zero attached hydrogens (tertiary/aromatic N) is 1. The van der Waals surface area contributed by atoms with Gasteiger partial charge in [0.15, 0.2) is 5.84 Å². The van der Waals surface area contributed by atoms with E-state index in [0.717, 1.165) is 10.0 Å². The molecule has 2 N–H and O–H groups in total. The Morgan fingerprint density at radius 2 is 2.00 bits per heavy atom. The molecule has 2 aromatic rings.